The van der Waals surface area contributed by atoms with Crippen molar-refractivity contribution in [2.45, 2.75) is 19.4 Å². The van der Waals surface area contributed by atoms with Gasteiger partial charge in [-0.1, -0.05) is 12.1 Å². The van der Waals surface area contributed by atoms with Crippen LogP contribution in [-0.4, -0.2) is 70.3 Å². The topological polar surface area (TPSA) is 76.4 Å². The smallest absolute Gasteiger partial charge is 0.258 e. The van der Waals surface area contributed by atoms with Gasteiger partial charge in [-0.25, -0.2) is 23.4 Å². The van der Waals surface area contributed by atoms with E-state index >= 15 is 0 Å². The normalized spacial score (nSPS) is 17.5. The third kappa shape index (κ3) is 3.45. The van der Waals surface area contributed by atoms with Gasteiger partial charge in [-0.3, -0.25) is 4.79 Å². The number of ether oxygens (including phenoxy) is 1. The number of likely N-dealkylation sites (tertiary alicyclic amines) is 1. The van der Waals surface area contributed by atoms with Crippen molar-refractivity contribution in [2.24, 2.45) is 5.41 Å². The third-order valence-corrected chi connectivity index (χ3v) is 6.08. The minimum absolute atomic E-state index is 0.0114. The van der Waals surface area contributed by atoms with Crippen LogP contribution in [0.25, 0.3) is 11.2 Å². The molecular weight excluding hydrogens is 406 g/mol. The van der Waals surface area contributed by atoms with E-state index < -0.39 is 13.0 Å². The van der Waals surface area contributed by atoms with Crippen LogP contribution >= 0.6 is 0 Å². The van der Waals surface area contributed by atoms with E-state index in [9.17, 15) is 13.6 Å². The zero-order chi connectivity index (χ0) is 21.6. The van der Waals surface area contributed by atoms with Crippen LogP contribution in [0.5, 0.6) is 5.75 Å². The van der Waals surface area contributed by atoms with Gasteiger partial charge < -0.3 is 14.5 Å². The molecule has 5 rings (SSSR count). The molecule has 4 heterocycles. The van der Waals surface area contributed by atoms with E-state index in [0.717, 1.165) is 19.5 Å². The maximum absolute atomic E-state index is 12.9. The lowest BCUT2D eigenvalue weighted by atomic mass is 9.78. The molecule has 0 radical (unpaired) electrons. The van der Waals surface area contributed by atoms with Crippen LogP contribution in [-0.2, 0) is 6.54 Å². The number of amides is 1. The number of anilines is 1. The number of hydrogen-bond donors (Lipinski definition) is 0. The molecule has 8 nitrogen and oxygen atoms in total. The van der Waals surface area contributed by atoms with Gasteiger partial charge in [-0.15, -0.1) is 0 Å². The molecule has 3 aromatic rings. The maximum Gasteiger partial charge on any atom is 0.258 e. The molecule has 2 fully saturated rings. The minimum Gasteiger partial charge on any atom is -0.496 e. The summed E-state index contributed by atoms with van der Waals surface area (Å²) < 4.78 is 32.1. The van der Waals surface area contributed by atoms with E-state index in [-0.39, 0.29) is 11.3 Å². The number of nitrogens with zero attached hydrogens (tertiary/aromatic N) is 6. The quantitative estimate of drug-likeness (QED) is 0.622. The molecule has 10 heteroatoms. The maximum atomic E-state index is 12.9. The Morgan fingerprint density at radius 1 is 1.23 bits per heavy atom. The first-order valence-electron chi connectivity index (χ1n) is 10.1. The van der Waals surface area contributed by atoms with Crippen molar-refractivity contribution in [3.8, 4) is 5.75 Å². The van der Waals surface area contributed by atoms with E-state index in [2.05, 4.69) is 20.0 Å². The van der Waals surface area contributed by atoms with Gasteiger partial charge in [0.1, 0.15) is 23.6 Å². The van der Waals surface area contributed by atoms with Gasteiger partial charge in [0, 0.05) is 31.6 Å². The third-order valence-electron chi connectivity index (χ3n) is 6.08. The summed E-state index contributed by atoms with van der Waals surface area (Å²) in [4.78, 5) is 25.7. The average molecular weight is 428 g/mol. The van der Waals surface area contributed by atoms with Crippen molar-refractivity contribution in [1.29, 1.82) is 0 Å². The molecule has 31 heavy (non-hydrogen) atoms. The van der Waals surface area contributed by atoms with Crippen molar-refractivity contribution >= 4 is 22.9 Å². The van der Waals surface area contributed by atoms with E-state index in [1.165, 1.54) is 10.9 Å². The first kappa shape index (κ1) is 19.7. The molecule has 0 atom stereocenters. The number of fused-ring (bicyclic) bond motifs is 1. The number of aromatic nitrogens is 4. The molecule has 0 saturated carbocycles. The van der Waals surface area contributed by atoms with Gasteiger partial charge in [-0.2, -0.15) is 5.10 Å². The summed E-state index contributed by atoms with van der Waals surface area (Å²) in [7, 11) is 1.56. The number of alkyl halides is 2. The molecule has 0 unspecified atom stereocenters. The van der Waals surface area contributed by atoms with Crippen molar-refractivity contribution in [3.63, 3.8) is 0 Å². The summed E-state index contributed by atoms with van der Waals surface area (Å²) in [5, 5.41) is 3.97. The molecule has 162 valence electrons. The van der Waals surface area contributed by atoms with E-state index in [0.29, 0.717) is 41.4 Å². The number of carbonyl (C=O) groups is 1. The standard InChI is InChI=1S/C21H22F2N6O2/c1-31-16-5-3-2-4-14(16)20(30)28-12-21(13-28)6-7-27(11-21)18-9-24-15-8-25-29(10-17(22)23)19(15)26-18/h2-5,8-9,17H,6-7,10-13H2,1H3. The van der Waals surface area contributed by atoms with Crippen molar-refractivity contribution < 1.29 is 18.3 Å². The van der Waals surface area contributed by atoms with Crippen molar-refractivity contribution in [1.82, 2.24) is 24.6 Å². The molecule has 2 aliphatic heterocycles. The second kappa shape index (κ2) is 7.44. The number of rotatable bonds is 5. The fourth-order valence-electron chi connectivity index (χ4n) is 4.54. The van der Waals surface area contributed by atoms with Crippen molar-refractivity contribution in [3.05, 3.63) is 42.2 Å². The highest BCUT2D eigenvalue weighted by Crippen LogP contribution is 2.41. The van der Waals surface area contributed by atoms with Crippen molar-refractivity contribution in [2.75, 3.05) is 38.2 Å². The van der Waals surface area contributed by atoms with E-state index in [1.807, 2.05) is 17.0 Å². The van der Waals surface area contributed by atoms with Gasteiger partial charge in [0.05, 0.1) is 25.1 Å². The molecular formula is C21H22F2N6O2. The summed E-state index contributed by atoms with van der Waals surface area (Å²) in [6.45, 7) is 2.34. The Kier molecular flexibility index (Phi) is 4.71. The Morgan fingerprint density at radius 3 is 2.81 bits per heavy atom. The molecule has 0 bridgehead atoms. The summed E-state index contributed by atoms with van der Waals surface area (Å²) in [5.74, 6) is 1.19. The lowest BCUT2D eigenvalue weighted by Gasteiger charge is -2.48. The van der Waals surface area contributed by atoms with Gasteiger partial charge in [0.2, 0.25) is 0 Å². The number of hydrogen-bond acceptors (Lipinski definition) is 6. The predicted molar refractivity (Wildman–Crippen MR) is 109 cm³/mol. The first-order valence-corrected chi connectivity index (χ1v) is 10.1. The predicted octanol–water partition coefficient (Wildman–Crippen LogP) is 2.45. The highest BCUT2D eigenvalue weighted by molar-refractivity contribution is 5.97. The molecule has 0 aliphatic carbocycles. The molecule has 2 aromatic heterocycles. The molecule has 1 spiro atoms. The summed E-state index contributed by atoms with van der Waals surface area (Å²) >= 11 is 0. The Bertz CT molecular complexity index is 1130. The molecule has 1 amide bonds. The van der Waals surface area contributed by atoms with E-state index in [1.54, 1.807) is 25.4 Å². The van der Waals surface area contributed by atoms with Crippen LogP contribution in [0.1, 0.15) is 16.8 Å². The van der Waals surface area contributed by atoms with Crippen LogP contribution in [0.15, 0.2) is 36.7 Å². The highest BCUT2D eigenvalue weighted by Gasteiger charge is 2.50. The number of benzene rings is 1. The van der Waals surface area contributed by atoms with Gasteiger partial charge in [0.25, 0.3) is 12.3 Å². The summed E-state index contributed by atoms with van der Waals surface area (Å²) in [6, 6.07) is 7.23. The van der Waals surface area contributed by atoms with Crippen LogP contribution in [0.3, 0.4) is 0 Å². The Balaban J connectivity index is 1.28. The minimum atomic E-state index is -2.51. The SMILES string of the molecule is COc1ccccc1C(=O)N1CC2(CCN(c3cnc4cnn(CC(F)F)c4n3)C2)C1. The van der Waals surface area contributed by atoms with Gasteiger partial charge in [-0.05, 0) is 18.6 Å². The second-order valence-electron chi connectivity index (χ2n) is 8.19. The zero-order valence-electron chi connectivity index (χ0n) is 17.0. The molecule has 2 aliphatic rings. The number of para-hydroxylation sites is 1. The second-order valence-corrected chi connectivity index (χ2v) is 8.19. The van der Waals surface area contributed by atoms with Crippen LogP contribution in [0.4, 0.5) is 14.6 Å². The Morgan fingerprint density at radius 2 is 2.03 bits per heavy atom. The monoisotopic (exact) mass is 428 g/mol. The first-order chi connectivity index (χ1) is 15.0. The molecule has 0 N–H and O–H groups in total. The lowest BCUT2D eigenvalue weighted by Crippen LogP contribution is -2.59. The van der Waals surface area contributed by atoms with Crippen LogP contribution in [0.2, 0.25) is 0 Å². The average Bonchev–Trinajstić information content (AvgIpc) is 3.36. The summed E-state index contributed by atoms with van der Waals surface area (Å²) in [6.07, 6.45) is 1.53. The lowest BCUT2D eigenvalue weighted by molar-refractivity contribution is 0.0164. The molecule has 2 saturated heterocycles. The van der Waals surface area contributed by atoms with Crippen LogP contribution in [0, 0.1) is 5.41 Å². The zero-order valence-corrected chi connectivity index (χ0v) is 17.0. The highest BCUT2D eigenvalue weighted by atomic mass is 19.3. The molecule has 1 aromatic carbocycles. The fraction of sp³-hybridized carbons (Fsp3) is 0.429. The Hall–Kier alpha value is -3.30. The van der Waals surface area contributed by atoms with Crippen LogP contribution < -0.4 is 9.64 Å². The van der Waals surface area contributed by atoms with Gasteiger partial charge >= 0.3 is 0 Å². The number of halogens is 2. The van der Waals surface area contributed by atoms with Gasteiger partial charge in [0.15, 0.2) is 5.65 Å². The number of methoxy groups -OCH3 is 1. The summed E-state index contributed by atoms with van der Waals surface area (Å²) in [5.41, 5.74) is 1.44. The Labute approximate surface area is 177 Å². The fourth-order valence-corrected chi connectivity index (χ4v) is 4.54. The largest absolute Gasteiger partial charge is 0.496 e. The number of carbonyl (C=O) groups excluding carboxylic acids is 1. The van der Waals surface area contributed by atoms with E-state index in [4.69, 9.17) is 4.74 Å².